The summed E-state index contributed by atoms with van der Waals surface area (Å²) in [5.41, 5.74) is 2.66. The Morgan fingerprint density at radius 1 is 1.00 bits per heavy atom. The lowest BCUT2D eigenvalue weighted by Crippen LogP contribution is -2.27. The lowest BCUT2D eigenvalue weighted by Gasteiger charge is -2.23. The standard InChI is InChI=1S/C17H19NO2/c1-3-14-10-8-9-13-16(14)18(4-2)20-17(19)15-11-6-5-7-12-15/h5-13H,3-4H2,1-2H3. The fraction of sp³-hybridized carbons (Fsp3) is 0.235. The molecule has 0 saturated carbocycles. The number of para-hydroxylation sites is 1. The molecule has 20 heavy (non-hydrogen) atoms. The SMILES string of the molecule is CCc1ccccc1N(CC)OC(=O)c1ccccc1. The van der Waals surface area contributed by atoms with Gasteiger partial charge in [0.15, 0.2) is 0 Å². The van der Waals surface area contributed by atoms with E-state index in [2.05, 4.69) is 6.92 Å². The molecule has 0 N–H and O–H groups in total. The van der Waals surface area contributed by atoms with Crippen LogP contribution in [0.15, 0.2) is 54.6 Å². The van der Waals surface area contributed by atoms with Crippen molar-refractivity contribution in [2.45, 2.75) is 20.3 Å². The van der Waals surface area contributed by atoms with Gasteiger partial charge >= 0.3 is 5.97 Å². The quantitative estimate of drug-likeness (QED) is 0.772. The van der Waals surface area contributed by atoms with Crippen LogP contribution in [0.3, 0.4) is 0 Å². The fourth-order valence-corrected chi connectivity index (χ4v) is 2.06. The normalized spacial score (nSPS) is 10.1. The average Bonchev–Trinajstić information content (AvgIpc) is 2.53. The molecular formula is C17H19NO2. The maximum Gasteiger partial charge on any atom is 0.363 e. The smallest absolute Gasteiger partial charge is 0.335 e. The zero-order valence-electron chi connectivity index (χ0n) is 11.9. The summed E-state index contributed by atoms with van der Waals surface area (Å²) in [6, 6.07) is 17.0. The minimum Gasteiger partial charge on any atom is -0.335 e. The molecule has 104 valence electrons. The molecule has 0 aliphatic heterocycles. The first-order valence-electron chi connectivity index (χ1n) is 6.89. The molecule has 3 nitrogen and oxygen atoms in total. The van der Waals surface area contributed by atoms with Crippen molar-refractivity contribution in [1.29, 1.82) is 0 Å². The van der Waals surface area contributed by atoms with E-state index in [-0.39, 0.29) is 5.97 Å². The van der Waals surface area contributed by atoms with Crippen molar-refractivity contribution in [3.63, 3.8) is 0 Å². The number of rotatable bonds is 5. The Morgan fingerprint density at radius 3 is 2.30 bits per heavy atom. The first kappa shape index (κ1) is 14.1. The molecule has 0 amide bonds. The third-order valence-corrected chi connectivity index (χ3v) is 3.13. The number of hydrogen-bond acceptors (Lipinski definition) is 3. The molecule has 2 rings (SSSR count). The summed E-state index contributed by atoms with van der Waals surface area (Å²) < 4.78 is 0. The molecule has 0 aliphatic rings. The van der Waals surface area contributed by atoms with Gasteiger partial charge in [-0.1, -0.05) is 43.3 Å². The zero-order valence-corrected chi connectivity index (χ0v) is 11.9. The Labute approximate surface area is 119 Å². The van der Waals surface area contributed by atoms with E-state index in [0.29, 0.717) is 12.1 Å². The second-order valence-corrected chi connectivity index (χ2v) is 4.42. The van der Waals surface area contributed by atoms with E-state index in [1.54, 1.807) is 17.2 Å². The van der Waals surface area contributed by atoms with Crippen LogP contribution in [0, 0.1) is 0 Å². The van der Waals surface area contributed by atoms with Crippen molar-refractivity contribution >= 4 is 11.7 Å². The van der Waals surface area contributed by atoms with Gasteiger partial charge in [-0.05, 0) is 37.1 Å². The van der Waals surface area contributed by atoms with Crippen molar-refractivity contribution in [2.24, 2.45) is 0 Å². The Bertz CT molecular complexity index is 566. The highest BCUT2D eigenvalue weighted by Crippen LogP contribution is 2.21. The van der Waals surface area contributed by atoms with E-state index in [4.69, 9.17) is 4.84 Å². The number of benzene rings is 2. The van der Waals surface area contributed by atoms with E-state index < -0.39 is 0 Å². The van der Waals surface area contributed by atoms with Gasteiger partial charge in [-0.3, -0.25) is 0 Å². The molecule has 0 heterocycles. The van der Waals surface area contributed by atoms with E-state index in [1.165, 1.54) is 0 Å². The molecule has 2 aromatic carbocycles. The zero-order chi connectivity index (χ0) is 14.4. The third-order valence-electron chi connectivity index (χ3n) is 3.13. The highest BCUT2D eigenvalue weighted by atomic mass is 16.7. The molecule has 0 saturated heterocycles. The molecule has 0 bridgehead atoms. The predicted octanol–water partition coefficient (Wildman–Crippen LogP) is 3.85. The van der Waals surface area contributed by atoms with Crippen LogP contribution in [-0.2, 0) is 11.3 Å². The lowest BCUT2D eigenvalue weighted by molar-refractivity contribution is 0.0455. The van der Waals surface area contributed by atoms with Gasteiger partial charge in [-0.25, -0.2) is 9.86 Å². The van der Waals surface area contributed by atoms with E-state index >= 15 is 0 Å². The van der Waals surface area contributed by atoms with E-state index in [0.717, 1.165) is 17.7 Å². The first-order valence-corrected chi connectivity index (χ1v) is 6.89. The van der Waals surface area contributed by atoms with Crippen molar-refractivity contribution in [3.8, 4) is 0 Å². The maximum atomic E-state index is 12.1. The molecule has 0 unspecified atom stereocenters. The summed E-state index contributed by atoms with van der Waals surface area (Å²) in [5, 5.41) is 1.65. The molecule has 0 radical (unpaired) electrons. The number of carbonyl (C=O) groups excluding carboxylic acids is 1. The van der Waals surface area contributed by atoms with Gasteiger partial charge < -0.3 is 4.84 Å². The number of anilines is 1. The Kier molecular flexibility index (Phi) is 4.77. The van der Waals surface area contributed by atoms with Gasteiger partial charge in [0.25, 0.3) is 0 Å². The molecule has 2 aromatic rings. The van der Waals surface area contributed by atoms with Crippen LogP contribution in [0.25, 0.3) is 0 Å². The van der Waals surface area contributed by atoms with Crippen molar-refractivity contribution in [1.82, 2.24) is 0 Å². The number of nitrogens with zero attached hydrogens (tertiary/aromatic N) is 1. The van der Waals surface area contributed by atoms with Crippen LogP contribution >= 0.6 is 0 Å². The van der Waals surface area contributed by atoms with Crippen molar-refractivity contribution in [3.05, 3.63) is 65.7 Å². The highest BCUT2D eigenvalue weighted by Gasteiger charge is 2.15. The second kappa shape index (κ2) is 6.75. The second-order valence-electron chi connectivity index (χ2n) is 4.42. The van der Waals surface area contributed by atoms with Gasteiger partial charge in [-0.2, -0.15) is 0 Å². The summed E-state index contributed by atoms with van der Waals surface area (Å²) in [6.45, 7) is 4.66. The molecule has 0 atom stereocenters. The maximum absolute atomic E-state index is 12.1. The molecule has 0 spiro atoms. The largest absolute Gasteiger partial charge is 0.363 e. The average molecular weight is 269 g/mol. The van der Waals surface area contributed by atoms with E-state index in [1.807, 2.05) is 49.4 Å². The Balaban J connectivity index is 2.19. The highest BCUT2D eigenvalue weighted by molar-refractivity contribution is 5.90. The van der Waals surface area contributed by atoms with Gasteiger partial charge in [0, 0.05) is 0 Å². The Hall–Kier alpha value is -2.29. The minimum atomic E-state index is -0.335. The summed E-state index contributed by atoms with van der Waals surface area (Å²) in [4.78, 5) is 17.6. The molecule has 0 aromatic heterocycles. The fourth-order valence-electron chi connectivity index (χ4n) is 2.06. The van der Waals surface area contributed by atoms with Crippen LogP contribution in [-0.4, -0.2) is 12.5 Å². The van der Waals surface area contributed by atoms with Gasteiger partial charge in [0.1, 0.15) is 0 Å². The topological polar surface area (TPSA) is 29.5 Å². The molecule has 0 aliphatic carbocycles. The van der Waals surface area contributed by atoms with Gasteiger partial charge in [0.2, 0.25) is 0 Å². The first-order chi connectivity index (χ1) is 9.76. The van der Waals surface area contributed by atoms with Gasteiger partial charge in [0.05, 0.1) is 17.8 Å². The monoisotopic (exact) mass is 269 g/mol. The van der Waals surface area contributed by atoms with Crippen molar-refractivity contribution < 1.29 is 9.63 Å². The van der Waals surface area contributed by atoms with Crippen LogP contribution in [0.5, 0.6) is 0 Å². The van der Waals surface area contributed by atoms with Crippen LogP contribution in [0.4, 0.5) is 5.69 Å². The third kappa shape index (κ3) is 3.18. The summed E-state index contributed by atoms with van der Waals surface area (Å²) in [6.07, 6.45) is 0.898. The van der Waals surface area contributed by atoms with Crippen LogP contribution < -0.4 is 5.06 Å². The van der Waals surface area contributed by atoms with Crippen molar-refractivity contribution in [2.75, 3.05) is 11.6 Å². The van der Waals surface area contributed by atoms with E-state index in [9.17, 15) is 4.79 Å². The molecular weight excluding hydrogens is 250 g/mol. The van der Waals surface area contributed by atoms with Crippen LogP contribution in [0.2, 0.25) is 0 Å². The summed E-state index contributed by atoms with van der Waals surface area (Å²) in [7, 11) is 0. The number of hydrogen-bond donors (Lipinski definition) is 0. The molecule has 0 fully saturated rings. The Morgan fingerprint density at radius 2 is 1.65 bits per heavy atom. The summed E-state index contributed by atoms with van der Waals surface area (Å²) >= 11 is 0. The lowest BCUT2D eigenvalue weighted by atomic mass is 10.1. The van der Waals surface area contributed by atoms with Gasteiger partial charge in [-0.15, -0.1) is 0 Å². The number of aryl methyl sites for hydroxylation is 1. The number of carbonyl (C=O) groups is 1. The molecule has 3 heteroatoms. The minimum absolute atomic E-state index is 0.335. The predicted molar refractivity (Wildman–Crippen MR) is 80.7 cm³/mol. The van der Waals surface area contributed by atoms with Crippen LogP contribution in [0.1, 0.15) is 29.8 Å². The number of hydroxylamine groups is 1. The summed E-state index contributed by atoms with van der Waals surface area (Å²) in [5.74, 6) is -0.335.